The fourth-order valence-electron chi connectivity index (χ4n) is 4.22. The number of likely N-dealkylation sites (N-methyl/N-ethyl adjacent to an activating group) is 1. The Labute approximate surface area is 222 Å². The van der Waals surface area contributed by atoms with Gasteiger partial charge in [0, 0.05) is 29.4 Å². The maximum atomic E-state index is 12.6. The van der Waals surface area contributed by atoms with Gasteiger partial charge < -0.3 is 4.74 Å². The van der Waals surface area contributed by atoms with E-state index in [1.807, 2.05) is 72.8 Å². The molecule has 0 saturated carbocycles. The second-order valence-electron chi connectivity index (χ2n) is 8.46. The van der Waals surface area contributed by atoms with Gasteiger partial charge in [0.2, 0.25) is 0 Å². The Bertz CT molecular complexity index is 1710. The van der Waals surface area contributed by atoms with Crippen molar-refractivity contribution >= 4 is 49.8 Å². The molecule has 6 aromatic rings. The minimum absolute atomic E-state index is 0.0887. The Morgan fingerprint density at radius 2 is 1.68 bits per heavy atom. The first kappa shape index (κ1) is 23.2. The molecule has 0 atom stereocenters. The van der Waals surface area contributed by atoms with E-state index in [1.165, 1.54) is 9.60 Å². The number of imidazole rings is 1. The molecule has 182 valence electrons. The minimum atomic E-state index is -0.185. The molecule has 0 unspecified atom stereocenters. The smallest absolute Gasteiger partial charge is 0.265 e. The van der Waals surface area contributed by atoms with E-state index in [4.69, 9.17) is 21.3 Å². The van der Waals surface area contributed by atoms with Crippen LogP contribution in [0.3, 0.4) is 0 Å². The number of nitrogens with zero attached hydrogens (tertiary/aromatic N) is 4. The molecular formula is C29H21ClN4O2S. The molecule has 8 heteroatoms. The van der Waals surface area contributed by atoms with Crippen molar-refractivity contribution in [2.45, 2.75) is 0 Å². The van der Waals surface area contributed by atoms with Gasteiger partial charge in [0.05, 0.1) is 21.6 Å². The van der Waals surface area contributed by atoms with Crippen molar-refractivity contribution in [2.75, 3.05) is 18.6 Å². The first-order valence-corrected chi connectivity index (χ1v) is 12.8. The number of ether oxygens (including phenoxy) is 1. The summed E-state index contributed by atoms with van der Waals surface area (Å²) in [6.07, 6.45) is 1.65. The lowest BCUT2D eigenvalue weighted by atomic mass is 10.0. The van der Waals surface area contributed by atoms with E-state index in [0.29, 0.717) is 16.6 Å². The number of hydrogen-bond donors (Lipinski definition) is 0. The zero-order valence-electron chi connectivity index (χ0n) is 19.8. The molecule has 0 fully saturated rings. The number of halogens is 1. The van der Waals surface area contributed by atoms with Gasteiger partial charge in [0.1, 0.15) is 11.6 Å². The van der Waals surface area contributed by atoms with Crippen molar-refractivity contribution in [3.8, 4) is 28.3 Å². The van der Waals surface area contributed by atoms with Crippen LogP contribution in [0.15, 0.2) is 97.2 Å². The van der Waals surface area contributed by atoms with E-state index < -0.39 is 0 Å². The van der Waals surface area contributed by atoms with Gasteiger partial charge in [-0.2, -0.15) is 0 Å². The molecule has 0 aliphatic heterocycles. The van der Waals surface area contributed by atoms with Crippen molar-refractivity contribution in [1.29, 1.82) is 0 Å². The zero-order chi connectivity index (χ0) is 25.4. The van der Waals surface area contributed by atoms with Crippen LogP contribution in [-0.4, -0.2) is 33.9 Å². The second kappa shape index (κ2) is 9.69. The first-order valence-electron chi connectivity index (χ1n) is 11.7. The lowest BCUT2D eigenvalue weighted by molar-refractivity contribution is -0.120. The van der Waals surface area contributed by atoms with Crippen LogP contribution in [-0.2, 0) is 4.79 Å². The molecule has 0 aliphatic rings. The van der Waals surface area contributed by atoms with Gasteiger partial charge >= 0.3 is 0 Å². The van der Waals surface area contributed by atoms with Crippen molar-refractivity contribution < 1.29 is 9.53 Å². The number of thiazole rings is 1. The molecule has 0 N–H and O–H groups in total. The molecular weight excluding hydrogens is 504 g/mol. The van der Waals surface area contributed by atoms with Gasteiger partial charge in [0.15, 0.2) is 11.6 Å². The topological polar surface area (TPSA) is 59.7 Å². The van der Waals surface area contributed by atoms with Crippen molar-refractivity contribution in [1.82, 2.24) is 14.4 Å². The number of carbonyl (C=O) groups excluding carboxylic acids is 1. The fourth-order valence-corrected chi connectivity index (χ4v) is 5.38. The van der Waals surface area contributed by atoms with E-state index in [0.717, 1.165) is 33.0 Å². The summed E-state index contributed by atoms with van der Waals surface area (Å²) in [4.78, 5) is 24.2. The molecule has 0 spiro atoms. The summed E-state index contributed by atoms with van der Waals surface area (Å²) in [5.41, 5.74) is 4.96. The van der Waals surface area contributed by atoms with E-state index in [9.17, 15) is 4.79 Å². The highest BCUT2D eigenvalue weighted by Gasteiger charge is 2.20. The molecule has 37 heavy (non-hydrogen) atoms. The summed E-state index contributed by atoms with van der Waals surface area (Å²) < 4.78 is 9.17. The molecule has 1 amide bonds. The van der Waals surface area contributed by atoms with Crippen molar-refractivity contribution in [3.63, 3.8) is 0 Å². The van der Waals surface area contributed by atoms with Gasteiger partial charge in [-0.05, 0) is 60.7 Å². The second-order valence-corrected chi connectivity index (χ2v) is 9.90. The Balaban J connectivity index is 1.33. The number of aromatic nitrogens is 3. The normalized spacial score (nSPS) is 11.2. The predicted molar refractivity (Wildman–Crippen MR) is 150 cm³/mol. The summed E-state index contributed by atoms with van der Waals surface area (Å²) in [5, 5.41) is 0.682. The first-order chi connectivity index (χ1) is 18.1. The monoisotopic (exact) mass is 524 g/mol. The summed E-state index contributed by atoms with van der Waals surface area (Å²) in [6, 6.07) is 29.2. The van der Waals surface area contributed by atoms with Gasteiger partial charge in [-0.3, -0.25) is 14.1 Å². The third kappa shape index (κ3) is 4.43. The SMILES string of the molecule is CN(C(=O)COc1ccc(-c2c(-c3ccc(Cl)cc3)nc3sc4ccccc4n23)cc1)c1ccccn1. The van der Waals surface area contributed by atoms with Gasteiger partial charge in [-0.25, -0.2) is 9.97 Å². The van der Waals surface area contributed by atoms with Crippen LogP contribution in [0.1, 0.15) is 0 Å². The molecule has 6 nitrogen and oxygen atoms in total. The molecule has 3 aromatic carbocycles. The maximum Gasteiger partial charge on any atom is 0.265 e. The quantitative estimate of drug-likeness (QED) is 0.236. The standard InChI is InChI=1S/C29H21ClN4O2S/c1-33(25-8-4-5-17-31-25)26(35)18-36-22-15-11-20(12-16-22)28-27(19-9-13-21(30)14-10-19)32-29-34(28)23-6-2-3-7-24(23)37-29/h2-17H,18H2,1H3. The molecule has 0 aliphatic carbocycles. The third-order valence-corrected chi connectivity index (χ3v) is 7.40. The van der Waals surface area contributed by atoms with Gasteiger partial charge in [-0.15, -0.1) is 0 Å². The average molecular weight is 525 g/mol. The lowest BCUT2D eigenvalue weighted by Crippen LogP contribution is -2.31. The fraction of sp³-hybridized carbons (Fsp3) is 0.0690. The Kier molecular flexibility index (Phi) is 6.08. The molecule has 3 heterocycles. The average Bonchev–Trinajstić information content (AvgIpc) is 3.49. The third-order valence-electron chi connectivity index (χ3n) is 6.13. The largest absolute Gasteiger partial charge is 0.484 e. The van der Waals surface area contributed by atoms with Crippen LogP contribution in [0, 0.1) is 0 Å². The highest BCUT2D eigenvalue weighted by Crippen LogP contribution is 2.39. The highest BCUT2D eigenvalue weighted by molar-refractivity contribution is 7.23. The number of fused-ring (bicyclic) bond motifs is 3. The molecule has 0 saturated heterocycles. The van der Waals surface area contributed by atoms with Gasteiger partial charge in [0.25, 0.3) is 5.91 Å². The van der Waals surface area contributed by atoms with Gasteiger partial charge in [-0.1, -0.05) is 53.3 Å². The number of carbonyl (C=O) groups is 1. The Morgan fingerprint density at radius 1 is 0.946 bits per heavy atom. The molecule has 0 bridgehead atoms. The number of para-hydroxylation sites is 1. The van der Waals surface area contributed by atoms with Crippen LogP contribution in [0.4, 0.5) is 5.82 Å². The number of anilines is 1. The highest BCUT2D eigenvalue weighted by atomic mass is 35.5. The summed E-state index contributed by atoms with van der Waals surface area (Å²) in [5.74, 6) is 0.999. The lowest BCUT2D eigenvalue weighted by Gasteiger charge is -2.16. The zero-order valence-corrected chi connectivity index (χ0v) is 21.4. The number of pyridine rings is 1. The number of rotatable bonds is 6. The Morgan fingerprint density at radius 3 is 2.43 bits per heavy atom. The van der Waals surface area contributed by atoms with E-state index in [2.05, 4.69) is 21.5 Å². The van der Waals surface area contributed by atoms with Crippen LogP contribution >= 0.6 is 22.9 Å². The number of amides is 1. The predicted octanol–water partition coefficient (Wildman–Crippen LogP) is 6.97. The van der Waals surface area contributed by atoms with E-state index >= 15 is 0 Å². The molecule has 6 rings (SSSR count). The summed E-state index contributed by atoms with van der Waals surface area (Å²) >= 11 is 7.81. The number of benzene rings is 3. The van der Waals surface area contributed by atoms with E-state index in [-0.39, 0.29) is 12.5 Å². The molecule has 3 aromatic heterocycles. The summed E-state index contributed by atoms with van der Waals surface area (Å²) in [6.45, 7) is -0.0887. The van der Waals surface area contributed by atoms with E-state index in [1.54, 1.807) is 30.6 Å². The maximum absolute atomic E-state index is 12.6. The van der Waals surface area contributed by atoms with Crippen molar-refractivity contribution in [3.05, 3.63) is 102 Å². The van der Waals surface area contributed by atoms with Crippen molar-refractivity contribution in [2.24, 2.45) is 0 Å². The van der Waals surface area contributed by atoms with Crippen LogP contribution in [0.2, 0.25) is 5.02 Å². The van der Waals surface area contributed by atoms with Crippen LogP contribution < -0.4 is 9.64 Å². The van der Waals surface area contributed by atoms with Crippen LogP contribution in [0.25, 0.3) is 37.7 Å². The molecule has 0 radical (unpaired) electrons. The Hall–Kier alpha value is -4.20. The number of hydrogen-bond acceptors (Lipinski definition) is 5. The summed E-state index contributed by atoms with van der Waals surface area (Å²) in [7, 11) is 1.69. The van der Waals surface area contributed by atoms with Crippen LogP contribution in [0.5, 0.6) is 5.75 Å². The minimum Gasteiger partial charge on any atom is -0.484 e.